The number of phenols is 1. The van der Waals surface area contributed by atoms with Crippen molar-refractivity contribution in [2.45, 2.75) is 31.7 Å². The average Bonchev–Trinajstić information content (AvgIpc) is 2.40. The number of alkyl halides is 3. The standard InChI is InChI=1S/C14H18F3NO2/c1-20-11-3-2-6-18(9-11)8-10-4-5-13(19)12(7-10)14(15,16)17/h4-5,7,11,19H,2-3,6,8-9H2,1H3. The van der Waals surface area contributed by atoms with Gasteiger partial charge >= 0.3 is 6.18 Å². The molecule has 1 aromatic carbocycles. The molecule has 1 aromatic rings. The Hall–Kier alpha value is -1.27. The molecule has 0 aromatic heterocycles. The van der Waals surface area contributed by atoms with Crippen molar-refractivity contribution in [3.8, 4) is 5.75 Å². The second kappa shape index (κ2) is 6.01. The van der Waals surface area contributed by atoms with Crippen molar-refractivity contribution >= 4 is 0 Å². The van der Waals surface area contributed by atoms with Gasteiger partial charge in [-0.2, -0.15) is 13.2 Å². The van der Waals surface area contributed by atoms with E-state index in [0.717, 1.165) is 38.1 Å². The average molecular weight is 289 g/mol. The van der Waals surface area contributed by atoms with Gasteiger partial charge in [-0.25, -0.2) is 0 Å². The molecule has 0 radical (unpaired) electrons. The molecule has 1 heterocycles. The summed E-state index contributed by atoms with van der Waals surface area (Å²) in [4.78, 5) is 2.07. The van der Waals surface area contributed by atoms with E-state index < -0.39 is 17.5 Å². The van der Waals surface area contributed by atoms with Crippen LogP contribution in [0.4, 0.5) is 13.2 Å². The number of benzene rings is 1. The van der Waals surface area contributed by atoms with Gasteiger partial charge < -0.3 is 9.84 Å². The zero-order valence-corrected chi connectivity index (χ0v) is 11.3. The normalized spacial score (nSPS) is 21.1. The number of nitrogens with zero attached hydrogens (tertiary/aromatic N) is 1. The first kappa shape index (κ1) is 15.1. The summed E-state index contributed by atoms with van der Waals surface area (Å²) in [6.07, 6.45) is -2.43. The molecule has 1 atom stereocenters. The molecule has 0 saturated carbocycles. The Bertz CT molecular complexity index is 462. The smallest absolute Gasteiger partial charge is 0.419 e. The van der Waals surface area contributed by atoms with Gasteiger partial charge in [0.05, 0.1) is 11.7 Å². The maximum absolute atomic E-state index is 12.7. The van der Waals surface area contributed by atoms with E-state index in [-0.39, 0.29) is 6.10 Å². The number of phenolic OH excluding ortho intramolecular Hbond substituents is 1. The van der Waals surface area contributed by atoms with Crippen LogP contribution in [0.2, 0.25) is 0 Å². The fourth-order valence-corrected chi connectivity index (χ4v) is 2.52. The van der Waals surface area contributed by atoms with E-state index in [0.29, 0.717) is 12.1 Å². The Morgan fingerprint density at radius 3 is 2.80 bits per heavy atom. The fraction of sp³-hybridized carbons (Fsp3) is 0.571. The quantitative estimate of drug-likeness (QED) is 0.928. The van der Waals surface area contributed by atoms with Crippen molar-refractivity contribution in [1.29, 1.82) is 0 Å². The third-order valence-electron chi connectivity index (χ3n) is 3.57. The molecule has 2 rings (SSSR count). The van der Waals surface area contributed by atoms with Crippen LogP contribution in [-0.2, 0) is 17.5 Å². The van der Waals surface area contributed by atoms with E-state index in [4.69, 9.17) is 4.74 Å². The van der Waals surface area contributed by atoms with Crippen LogP contribution in [-0.4, -0.2) is 36.3 Å². The second-order valence-electron chi connectivity index (χ2n) is 5.08. The first-order valence-electron chi connectivity index (χ1n) is 6.54. The molecular weight excluding hydrogens is 271 g/mol. The summed E-state index contributed by atoms with van der Waals surface area (Å²) in [5.74, 6) is -0.727. The summed E-state index contributed by atoms with van der Waals surface area (Å²) in [6, 6.07) is 3.66. The molecule has 3 nitrogen and oxygen atoms in total. The molecule has 1 aliphatic rings. The second-order valence-corrected chi connectivity index (χ2v) is 5.08. The zero-order valence-electron chi connectivity index (χ0n) is 11.3. The largest absolute Gasteiger partial charge is 0.507 e. The highest BCUT2D eigenvalue weighted by molar-refractivity contribution is 5.38. The summed E-state index contributed by atoms with van der Waals surface area (Å²) in [7, 11) is 1.65. The number of piperidine rings is 1. The molecule has 6 heteroatoms. The molecule has 0 amide bonds. The van der Waals surface area contributed by atoms with E-state index in [2.05, 4.69) is 4.90 Å². The van der Waals surface area contributed by atoms with Crippen LogP contribution in [0.5, 0.6) is 5.75 Å². The van der Waals surface area contributed by atoms with Crippen molar-refractivity contribution < 1.29 is 23.0 Å². The van der Waals surface area contributed by atoms with Crippen molar-refractivity contribution in [3.05, 3.63) is 29.3 Å². The van der Waals surface area contributed by atoms with Crippen molar-refractivity contribution in [1.82, 2.24) is 4.90 Å². The number of methoxy groups -OCH3 is 1. The predicted octanol–water partition coefficient (Wildman–Crippen LogP) is 3.02. The van der Waals surface area contributed by atoms with Crippen molar-refractivity contribution in [3.63, 3.8) is 0 Å². The molecule has 1 aliphatic heterocycles. The molecule has 1 fully saturated rings. The summed E-state index contributed by atoms with van der Waals surface area (Å²) < 4.78 is 43.5. The highest BCUT2D eigenvalue weighted by Crippen LogP contribution is 2.36. The molecule has 0 bridgehead atoms. The lowest BCUT2D eigenvalue weighted by atomic mass is 10.1. The van der Waals surface area contributed by atoms with E-state index in [1.54, 1.807) is 7.11 Å². The predicted molar refractivity (Wildman–Crippen MR) is 68.4 cm³/mol. The van der Waals surface area contributed by atoms with Crippen LogP contribution in [0.25, 0.3) is 0 Å². The Morgan fingerprint density at radius 2 is 2.15 bits per heavy atom. The van der Waals surface area contributed by atoms with Gasteiger partial charge in [0.25, 0.3) is 0 Å². The number of rotatable bonds is 3. The Morgan fingerprint density at radius 1 is 1.40 bits per heavy atom. The SMILES string of the molecule is COC1CCCN(Cc2ccc(O)c(C(F)(F)F)c2)C1. The van der Waals surface area contributed by atoms with Gasteiger partial charge in [0.2, 0.25) is 0 Å². The fourth-order valence-electron chi connectivity index (χ4n) is 2.52. The van der Waals surface area contributed by atoms with Crippen LogP contribution in [0.3, 0.4) is 0 Å². The molecule has 0 aliphatic carbocycles. The number of hydrogen-bond acceptors (Lipinski definition) is 3. The minimum atomic E-state index is -4.53. The number of likely N-dealkylation sites (tertiary alicyclic amines) is 1. The Labute approximate surface area is 116 Å². The van der Waals surface area contributed by atoms with Crippen molar-refractivity contribution in [2.24, 2.45) is 0 Å². The summed E-state index contributed by atoms with van der Waals surface area (Å²) in [6.45, 7) is 2.00. The summed E-state index contributed by atoms with van der Waals surface area (Å²) >= 11 is 0. The van der Waals surface area contributed by atoms with Gasteiger partial charge in [0.15, 0.2) is 0 Å². The molecule has 112 valence electrons. The summed E-state index contributed by atoms with van der Waals surface area (Å²) in [5.41, 5.74) is -0.429. The zero-order chi connectivity index (χ0) is 14.8. The highest BCUT2D eigenvalue weighted by atomic mass is 19.4. The third-order valence-corrected chi connectivity index (χ3v) is 3.57. The third kappa shape index (κ3) is 3.64. The lowest BCUT2D eigenvalue weighted by Gasteiger charge is -2.32. The molecule has 1 unspecified atom stereocenters. The molecule has 20 heavy (non-hydrogen) atoms. The van der Waals surface area contributed by atoms with Gasteiger partial charge in [-0.05, 0) is 37.1 Å². The highest BCUT2D eigenvalue weighted by Gasteiger charge is 2.34. The van der Waals surface area contributed by atoms with Crippen LogP contribution >= 0.6 is 0 Å². The Balaban J connectivity index is 2.10. The maximum Gasteiger partial charge on any atom is 0.419 e. The lowest BCUT2D eigenvalue weighted by molar-refractivity contribution is -0.138. The van der Waals surface area contributed by atoms with Crippen LogP contribution < -0.4 is 0 Å². The van der Waals surface area contributed by atoms with E-state index >= 15 is 0 Å². The number of ether oxygens (including phenoxy) is 1. The monoisotopic (exact) mass is 289 g/mol. The summed E-state index contributed by atoms with van der Waals surface area (Å²) in [5, 5.41) is 9.30. The molecule has 1 N–H and O–H groups in total. The van der Waals surface area contributed by atoms with Crippen LogP contribution in [0.1, 0.15) is 24.0 Å². The minimum absolute atomic E-state index is 0.142. The molecule has 0 spiro atoms. The van der Waals surface area contributed by atoms with Gasteiger partial charge in [0.1, 0.15) is 5.75 Å². The molecular formula is C14H18F3NO2. The van der Waals surface area contributed by atoms with Gasteiger partial charge in [0, 0.05) is 20.2 Å². The van der Waals surface area contributed by atoms with Crippen molar-refractivity contribution in [2.75, 3.05) is 20.2 Å². The number of aromatic hydroxyl groups is 1. The van der Waals surface area contributed by atoms with Crippen LogP contribution in [0.15, 0.2) is 18.2 Å². The maximum atomic E-state index is 12.7. The Kier molecular flexibility index (Phi) is 4.55. The first-order valence-corrected chi connectivity index (χ1v) is 6.54. The number of hydrogen-bond donors (Lipinski definition) is 1. The minimum Gasteiger partial charge on any atom is -0.507 e. The molecule has 1 saturated heterocycles. The van der Waals surface area contributed by atoms with Gasteiger partial charge in [-0.15, -0.1) is 0 Å². The van der Waals surface area contributed by atoms with E-state index in [1.165, 1.54) is 6.07 Å². The van der Waals surface area contributed by atoms with Crippen LogP contribution in [0, 0.1) is 0 Å². The first-order chi connectivity index (χ1) is 9.40. The lowest BCUT2D eigenvalue weighted by Crippen LogP contribution is -2.38. The topological polar surface area (TPSA) is 32.7 Å². The van der Waals surface area contributed by atoms with Gasteiger partial charge in [-0.1, -0.05) is 6.07 Å². The number of halogens is 3. The van der Waals surface area contributed by atoms with E-state index in [9.17, 15) is 18.3 Å². The van der Waals surface area contributed by atoms with Gasteiger partial charge in [-0.3, -0.25) is 4.90 Å². The van der Waals surface area contributed by atoms with E-state index in [1.807, 2.05) is 0 Å².